The molecule has 1 aromatic heterocycles. The Balaban J connectivity index is 2.11. The van der Waals surface area contributed by atoms with Gasteiger partial charge in [-0.2, -0.15) is 13.2 Å². The molecule has 5 nitrogen and oxygen atoms in total. The van der Waals surface area contributed by atoms with Crippen LogP contribution in [0.1, 0.15) is 5.76 Å². The normalized spacial score (nSPS) is 22.5. The van der Waals surface area contributed by atoms with Crippen LogP contribution in [-0.4, -0.2) is 49.8 Å². The third-order valence-corrected chi connectivity index (χ3v) is 3.38. The van der Waals surface area contributed by atoms with Crippen molar-refractivity contribution >= 4 is 5.91 Å². The van der Waals surface area contributed by atoms with Crippen molar-refractivity contribution in [2.75, 3.05) is 26.8 Å². The molecule has 0 radical (unpaired) electrons. The Morgan fingerprint density at radius 3 is 2.81 bits per heavy atom. The van der Waals surface area contributed by atoms with E-state index < -0.39 is 24.5 Å². The third-order valence-electron chi connectivity index (χ3n) is 3.38. The van der Waals surface area contributed by atoms with Crippen molar-refractivity contribution < 1.29 is 27.1 Å². The zero-order chi connectivity index (χ0) is 15.5. The summed E-state index contributed by atoms with van der Waals surface area (Å²) < 4.78 is 48.3. The molecular formula is C13H17F3N2O3. The van der Waals surface area contributed by atoms with E-state index in [1.807, 2.05) is 0 Å². The number of nitrogens with one attached hydrogen (secondary N) is 1. The summed E-state index contributed by atoms with van der Waals surface area (Å²) in [5.41, 5.74) is 0. The molecule has 8 heteroatoms. The van der Waals surface area contributed by atoms with Crippen LogP contribution in [-0.2, 0) is 16.1 Å². The van der Waals surface area contributed by atoms with Crippen LogP contribution in [0.2, 0.25) is 0 Å². The monoisotopic (exact) mass is 306 g/mol. The number of rotatable bonds is 5. The second kappa shape index (κ2) is 6.48. The van der Waals surface area contributed by atoms with Crippen LogP contribution in [0, 0.1) is 5.92 Å². The second-order valence-corrected chi connectivity index (χ2v) is 4.93. The van der Waals surface area contributed by atoms with Crippen LogP contribution in [0.3, 0.4) is 0 Å². The molecule has 2 heterocycles. The molecule has 0 bridgehead atoms. The quantitative estimate of drug-likeness (QED) is 0.893. The zero-order valence-corrected chi connectivity index (χ0v) is 11.5. The lowest BCUT2D eigenvalue weighted by Gasteiger charge is -2.27. The average molecular weight is 306 g/mol. The minimum atomic E-state index is -4.46. The average Bonchev–Trinajstić information content (AvgIpc) is 3.05. The van der Waals surface area contributed by atoms with Gasteiger partial charge in [-0.15, -0.1) is 0 Å². The lowest BCUT2D eigenvalue weighted by molar-refractivity contribution is -0.165. The van der Waals surface area contributed by atoms with Gasteiger partial charge >= 0.3 is 6.18 Å². The van der Waals surface area contributed by atoms with Crippen molar-refractivity contribution in [3.05, 3.63) is 24.2 Å². The molecular weight excluding hydrogens is 289 g/mol. The van der Waals surface area contributed by atoms with Crippen molar-refractivity contribution in [1.82, 2.24) is 10.2 Å². The van der Waals surface area contributed by atoms with Gasteiger partial charge < -0.3 is 19.4 Å². The summed E-state index contributed by atoms with van der Waals surface area (Å²) in [5.74, 6) is -0.889. The maximum Gasteiger partial charge on any atom is 0.406 e. The molecule has 0 aliphatic carbocycles. The fourth-order valence-electron chi connectivity index (χ4n) is 2.34. The van der Waals surface area contributed by atoms with E-state index in [0.29, 0.717) is 12.4 Å². The maximum atomic E-state index is 12.7. The first-order valence-electron chi connectivity index (χ1n) is 6.53. The van der Waals surface area contributed by atoms with Crippen molar-refractivity contribution in [2.45, 2.75) is 18.8 Å². The van der Waals surface area contributed by atoms with Gasteiger partial charge in [0.05, 0.1) is 31.9 Å². The highest BCUT2D eigenvalue weighted by Crippen LogP contribution is 2.23. The van der Waals surface area contributed by atoms with Gasteiger partial charge in [0.25, 0.3) is 0 Å². The topological polar surface area (TPSA) is 54.7 Å². The van der Waals surface area contributed by atoms with Gasteiger partial charge in [0.1, 0.15) is 12.3 Å². The molecule has 0 aromatic carbocycles. The minimum absolute atomic E-state index is 0.122. The lowest BCUT2D eigenvalue weighted by Crippen LogP contribution is -2.47. The Morgan fingerprint density at radius 1 is 1.48 bits per heavy atom. The summed E-state index contributed by atoms with van der Waals surface area (Å²) in [4.78, 5) is 13.1. The molecule has 1 amide bonds. The van der Waals surface area contributed by atoms with E-state index in [-0.39, 0.29) is 19.2 Å². The molecule has 1 saturated heterocycles. The molecule has 1 aromatic rings. The number of furan rings is 1. The van der Waals surface area contributed by atoms with E-state index in [4.69, 9.17) is 9.15 Å². The molecule has 2 atom stereocenters. The highest BCUT2D eigenvalue weighted by Gasteiger charge is 2.40. The molecule has 0 spiro atoms. The number of nitrogens with zero attached hydrogens (tertiary/aromatic N) is 1. The van der Waals surface area contributed by atoms with E-state index in [2.05, 4.69) is 5.32 Å². The third kappa shape index (κ3) is 4.21. The van der Waals surface area contributed by atoms with E-state index in [1.165, 1.54) is 12.3 Å². The van der Waals surface area contributed by atoms with Gasteiger partial charge in [0.2, 0.25) is 5.91 Å². The number of hydrogen-bond acceptors (Lipinski definition) is 4. The molecule has 21 heavy (non-hydrogen) atoms. The summed E-state index contributed by atoms with van der Waals surface area (Å²) in [6, 6.07) is 2.84. The van der Waals surface area contributed by atoms with Gasteiger partial charge in [-0.05, 0) is 19.2 Å². The largest absolute Gasteiger partial charge is 0.467 e. The number of ether oxygens (including phenoxy) is 1. The van der Waals surface area contributed by atoms with Crippen LogP contribution in [0.15, 0.2) is 22.8 Å². The first-order chi connectivity index (χ1) is 9.90. The molecule has 2 rings (SSSR count). The Hall–Kier alpha value is -1.54. The van der Waals surface area contributed by atoms with Crippen LogP contribution in [0.5, 0.6) is 0 Å². The summed E-state index contributed by atoms with van der Waals surface area (Å²) in [5, 5.41) is 2.89. The Kier molecular flexibility index (Phi) is 4.89. The highest BCUT2D eigenvalue weighted by atomic mass is 19.4. The minimum Gasteiger partial charge on any atom is -0.467 e. The van der Waals surface area contributed by atoms with Crippen molar-refractivity contribution in [3.63, 3.8) is 0 Å². The molecule has 118 valence electrons. The van der Waals surface area contributed by atoms with Gasteiger partial charge in [0, 0.05) is 6.04 Å². The van der Waals surface area contributed by atoms with Crippen molar-refractivity contribution in [2.24, 2.45) is 5.92 Å². The van der Waals surface area contributed by atoms with E-state index in [0.717, 1.165) is 4.90 Å². The maximum absolute atomic E-state index is 12.7. The highest BCUT2D eigenvalue weighted by molar-refractivity contribution is 5.80. The lowest BCUT2D eigenvalue weighted by atomic mass is 10.0. The summed E-state index contributed by atoms with van der Waals surface area (Å²) in [7, 11) is 1.65. The summed E-state index contributed by atoms with van der Waals surface area (Å²) in [6.45, 7) is -1.08. The van der Waals surface area contributed by atoms with Crippen LogP contribution < -0.4 is 5.32 Å². The smallest absolute Gasteiger partial charge is 0.406 e. The number of carbonyl (C=O) groups excluding carboxylic acids is 1. The van der Waals surface area contributed by atoms with E-state index in [1.54, 1.807) is 13.1 Å². The standard InChI is InChI=1S/C13H17F3N2O3/c1-17-11-7-20-6-10(11)12(19)18(8-13(14,15)16)5-9-3-2-4-21-9/h2-4,10-11,17H,5-8H2,1H3. The fraction of sp³-hybridized carbons (Fsp3) is 0.615. The Labute approximate surface area is 120 Å². The first kappa shape index (κ1) is 15.8. The molecule has 1 aliphatic heterocycles. The van der Waals surface area contributed by atoms with Crippen LogP contribution in [0.4, 0.5) is 13.2 Å². The zero-order valence-electron chi connectivity index (χ0n) is 11.5. The number of carbonyl (C=O) groups is 1. The number of hydrogen-bond donors (Lipinski definition) is 1. The molecule has 1 fully saturated rings. The molecule has 2 unspecified atom stereocenters. The second-order valence-electron chi connectivity index (χ2n) is 4.93. The van der Waals surface area contributed by atoms with Gasteiger partial charge in [-0.3, -0.25) is 4.79 Å². The number of amides is 1. The first-order valence-corrected chi connectivity index (χ1v) is 6.53. The van der Waals surface area contributed by atoms with Gasteiger partial charge in [0.15, 0.2) is 0 Å². The summed E-state index contributed by atoms with van der Waals surface area (Å²) >= 11 is 0. The van der Waals surface area contributed by atoms with E-state index >= 15 is 0 Å². The van der Waals surface area contributed by atoms with Crippen molar-refractivity contribution in [3.8, 4) is 0 Å². The van der Waals surface area contributed by atoms with Gasteiger partial charge in [-0.25, -0.2) is 0 Å². The molecule has 1 N–H and O–H groups in total. The summed E-state index contributed by atoms with van der Waals surface area (Å²) in [6.07, 6.45) is -3.10. The molecule has 1 aliphatic rings. The SMILES string of the molecule is CNC1COCC1C(=O)N(Cc1ccco1)CC(F)(F)F. The Morgan fingerprint density at radius 2 is 2.24 bits per heavy atom. The number of likely N-dealkylation sites (N-methyl/N-ethyl adjacent to an activating group) is 1. The number of alkyl halides is 3. The fourth-order valence-corrected chi connectivity index (χ4v) is 2.34. The van der Waals surface area contributed by atoms with E-state index in [9.17, 15) is 18.0 Å². The van der Waals surface area contributed by atoms with Crippen LogP contribution >= 0.6 is 0 Å². The predicted octanol–water partition coefficient (Wildman–Crippen LogP) is 1.40. The Bertz CT molecular complexity index is 462. The number of halogens is 3. The van der Waals surface area contributed by atoms with Gasteiger partial charge in [-0.1, -0.05) is 0 Å². The predicted molar refractivity (Wildman–Crippen MR) is 67.3 cm³/mol. The van der Waals surface area contributed by atoms with Crippen molar-refractivity contribution in [1.29, 1.82) is 0 Å². The molecule has 0 saturated carbocycles. The van der Waals surface area contributed by atoms with Crippen LogP contribution in [0.25, 0.3) is 0 Å².